The third kappa shape index (κ3) is 6.21. The summed E-state index contributed by atoms with van der Waals surface area (Å²) in [7, 11) is 0. The summed E-state index contributed by atoms with van der Waals surface area (Å²) in [6.45, 7) is 9.73. The van der Waals surface area contributed by atoms with Crippen molar-refractivity contribution in [3.8, 4) is 0 Å². The van der Waals surface area contributed by atoms with Crippen molar-refractivity contribution >= 4 is 17.9 Å². The number of hydrogen-bond donors (Lipinski definition) is 2. The zero-order chi connectivity index (χ0) is 18.9. The molecule has 132 valence electrons. The summed E-state index contributed by atoms with van der Waals surface area (Å²) < 4.78 is 9.68. The van der Waals surface area contributed by atoms with Crippen LogP contribution < -0.4 is 0 Å². The smallest absolute Gasteiger partial charge is 0.342 e. The highest BCUT2D eigenvalue weighted by Gasteiger charge is 2.34. The fourth-order valence-electron chi connectivity index (χ4n) is 1.47. The van der Waals surface area contributed by atoms with Gasteiger partial charge < -0.3 is 19.7 Å². The molecule has 0 amide bonds. The SMILES string of the molecule is C=CC(=O)OC(OC(=O)c1ccccc1C(=O)O)C(C)(C)O.CC. The Balaban J connectivity index is 0.00000254. The largest absolute Gasteiger partial charge is 0.478 e. The monoisotopic (exact) mass is 338 g/mol. The molecule has 1 atom stereocenters. The minimum absolute atomic E-state index is 0.223. The number of aromatic carboxylic acids is 1. The van der Waals surface area contributed by atoms with Gasteiger partial charge in [-0.2, -0.15) is 0 Å². The van der Waals surface area contributed by atoms with Crippen molar-refractivity contribution in [2.75, 3.05) is 0 Å². The van der Waals surface area contributed by atoms with E-state index in [0.29, 0.717) is 0 Å². The van der Waals surface area contributed by atoms with Crippen molar-refractivity contribution in [2.45, 2.75) is 39.6 Å². The van der Waals surface area contributed by atoms with Crippen LogP contribution in [0.1, 0.15) is 48.4 Å². The molecule has 7 heteroatoms. The highest BCUT2D eigenvalue weighted by atomic mass is 16.7. The standard InChI is InChI=1S/C15H16O7.C2H6/c1-4-11(16)21-14(15(2,3)20)22-13(19)10-8-6-5-7-9(10)12(17)18;1-2/h4-8,14,20H,1H2,2-3H3,(H,17,18);1-2H3. The number of esters is 2. The highest BCUT2D eigenvalue weighted by Crippen LogP contribution is 2.18. The third-order valence-electron chi connectivity index (χ3n) is 2.56. The quantitative estimate of drug-likeness (QED) is 0.465. The molecule has 0 radical (unpaired) electrons. The first-order valence-electron chi connectivity index (χ1n) is 7.25. The molecule has 2 N–H and O–H groups in total. The molecule has 0 bridgehead atoms. The number of benzene rings is 1. The molecule has 0 aliphatic rings. The molecule has 24 heavy (non-hydrogen) atoms. The number of rotatable bonds is 6. The Morgan fingerprint density at radius 2 is 1.62 bits per heavy atom. The van der Waals surface area contributed by atoms with Gasteiger partial charge in [0, 0.05) is 6.08 Å². The number of carboxylic acid groups (broad SMARTS) is 1. The maximum atomic E-state index is 12.1. The van der Waals surface area contributed by atoms with Gasteiger partial charge in [-0.15, -0.1) is 0 Å². The maximum Gasteiger partial charge on any atom is 0.342 e. The number of carbonyl (C=O) groups excluding carboxylic acids is 2. The van der Waals surface area contributed by atoms with Crippen LogP contribution in [0.15, 0.2) is 36.9 Å². The van der Waals surface area contributed by atoms with Crippen LogP contribution in [0, 0.1) is 0 Å². The summed E-state index contributed by atoms with van der Waals surface area (Å²) in [5, 5.41) is 18.9. The molecule has 0 aliphatic carbocycles. The van der Waals surface area contributed by atoms with Gasteiger partial charge in [-0.05, 0) is 26.0 Å². The van der Waals surface area contributed by atoms with E-state index in [2.05, 4.69) is 6.58 Å². The molecule has 7 nitrogen and oxygen atoms in total. The van der Waals surface area contributed by atoms with E-state index in [0.717, 1.165) is 6.08 Å². The maximum absolute atomic E-state index is 12.1. The number of carbonyl (C=O) groups is 3. The second kappa shape index (κ2) is 9.46. The summed E-state index contributed by atoms with van der Waals surface area (Å²) in [4.78, 5) is 34.4. The second-order valence-corrected chi connectivity index (χ2v) is 4.88. The molecule has 0 spiro atoms. The second-order valence-electron chi connectivity index (χ2n) is 4.88. The van der Waals surface area contributed by atoms with Crippen LogP contribution >= 0.6 is 0 Å². The molecule has 1 aromatic rings. The van der Waals surface area contributed by atoms with E-state index in [1.807, 2.05) is 13.8 Å². The lowest BCUT2D eigenvalue weighted by atomic mass is 10.1. The Labute approximate surface area is 140 Å². The molecule has 0 aromatic heterocycles. The van der Waals surface area contributed by atoms with Crippen LogP contribution in [-0.2, 0) is 14.3 Å². The summed E-state index contributed by atoms with van der Waals surface area (Å²) >= 11 is 0. The Hall–Kier alpha value is -2.67. The molecule has 0 saturated carbocycles. The number of aliphatic hydroxyl groups is 1. The van der Waals surface area contributed by atoms with E-state index in [4.69, 9.17) is 14.6 Å². The van der Waals surface area contributed by atoms with Crippen molar-refractivity contribution in [1.29, 1.82) is 0 Å². The fourth-order valence-corrected chi connectivity index (χ4v) is 1.47. The zero-order valence-electron chi connectivity index (χ0n) is 14.1. The Kier molecular flexibility index (Phi) is 8.41. The topological polar surface area (TPSA) is 110 Å². The van der Waals surface area contributed by atoms with Crippen LogP contribution in [-0.4, -0.2) is 40.0 Å². The first-order chi connectivity index (χ1) is 11.2. The number of carboxylic acids is 1. The molecular weight excluding hydrogens is 316 g/mol. The van der Waals surface area contributed by atoms with Crippen molar-refractivity contribution in [3.05, 3.63) is 48.0 Å². The molecule has 1 rings (SSSR count). The molecular formula is C17H22O7. The van der Waals surface area contributed by atoms with Crippen LogP contribution in [0.5, 0.6) is 0 Å². The summed E-state index contributed by atoms with van der Waals surface area (Å²) in [6.07, 6.45) is -0.773. The summed E-state index contributed by atoms with van der Waals surface area (Å²) in [6, 6.07) is 5.39. The zero-order valence-corrected chi connectivity index (χ0v) is 14.1. The van der Waals surface area contributed by atoms with Crippen LogP contribution in [0.3, 0.4) is 0 Å². The van der Waals surface area contributed by atoms with Gasteiger partial charge in [0.2, 0.25) is 0 Å². The van der Waals surface area contributed by atoms with E-state index in [1.54, 1.807) is 0 Å². The average molecular weight is 338 g/mol. The number of hydrogen-bond acceptors (Lipinski definition) is 6. The third-order valence-corrected chi connectivity index (χ3v) is 2.56. The number of ether oxygens (including phenoxy) is 2. The highest BCUT2D eigenvalue weighted by molar-refractivity contribution is 6.02. The van der Waals surface area contributed by atoms with Crippen LogP contribution in [0.2, 0.25) is 0 Å². The van der Waals surface area contributed by atoms with Crippen molar-refractivity contribution in [2.24, 2.45) is 0 Å². The molecule has 0 saturated heterocycles. The Bertz CT molecular complexity index is 599. The van der Waals surface area contributed by atoms with Crippen molar-refractivity contribution < 1.29 is 34.1 Å². The minimum Gasteiger partial charge on any atom is -0.478 e. The first-order valence-corrected chi connectivity index (χ1v) is 7.25. The minimum atomic E-state index is -1.69. The normalized spacial score (nSPS) is 11.4. The average Bonchev–Trinajstić information content (AvgIpc) is 2.54. The van der Waals surface area contributed by atoms with Crippen molar-refractivity contribution in [1.82, 2.24) is 0 Å². The molecule has 0 aliphatic heterocycles. The van der Waals surface area contributed by atoms with E-state index in [9.17, 15) is 19.5 Å². The lowest BCUT2D eigenvalue weighted by molar-refractivity contribution is -0.202. The van der Waals surface area contributed by atoms with E-state index in [1.165, 1.54) is 38.1 Å². The van der Waals surface area contributed by atoms with Gasteiger partial charge in [0.15, 0.2) is 0 Å². The predicted octanol–water partition coefficient (Wildman–Crippen LogP) is 2.39. The van der Waals surface area contributed by atoms with E-state index in [-0.39, 0.29) is 11.1 Å². The Morgan fingerprint density at radius 1 is 1.12 bits per heavy atom. The van der Waals surface area contributed by atoms with Crippen LogP contribution in [0.4, 0.5) is 0 Å². The van der Waals surface area contributed by atoms with Gasteiger partial charge in [0.05, 0.1) is 11.1 Å². The molecule has 0 heterocycles. The van der Waals surface area contributed by atoms with Gasteiger partial charge in [0.25, 0.3) is 6.29 Å². The fraction of sp³-hybridized carbons (Fsp3) is 0.353. The molecule has 0 fully saturated rings. The van der Waals surface area contributed by atoms with Gasteiger partial charge >= 0.3 is 17.9 Å². The van der Waals surface area contributed by atoms with Crippen molar-refractivity contribution in [3.63, 3.8) is 0 Å². The summed E-state index contributed by atoms with van der Waals surface area (Å²) in [5.41, 5.74) is -2.18. The predicted molar refractivity (Wildman–Crippen MR) is 86.5 cm³/mol. The van der Waals surface area contributed by atoms with E-state index < -0.39 is 29.8 Å². The van der Waals surface area contributed by atoms with E-state index >= 15 is 0 Å². The van der Waals surface area contributed by atoms with Gasteiger partial charge in [-0.25, -0.2) is 14.4 Å². The van der Waals surface area contributed by atoms with Crippen LogP contribution in [0.25, 0.3) is 0 Å². The molecule has 1 unspecified atom stereocenters. The lowest BCUT2D eigenvalue weighted by Crippen LogP contribution is -2.43. The van der Waals surface area contributed by atoms with Gasteiger partial charge in [0.1, 0.15) is 5.60 Å². The summed E-state index contributed by atoms with van der Waals surface area (Å²) in [5.74, 6) is -3.25. The Morgan fingerprint density at radius 3 is 2.04 bits per heavy atom. The first kappa shape index (κ1) is 21.3. The lowest BCUT2D eigenvalue weighted by Gasteiger charge is -2.27. The van der Waals surface area contributed by atoms with Gasteiger partial charge in [-0.1, -0.05) is 32.6 Å². The molecule has 1 aromatic carbocycles. The van der Waals surface area contributed by atoms with Gasteiger partial charge in [-0.3, -0.25) is 0 Å².